The largest absolute Gasteiger partial charge is 0.497 e. The van der Waals surface area contributed by atoms with Gasteiger partial charge in [0, 0.05) is 76.0 Å². The summed E-state index contributed by atoms with van der Waals surface area (Å²) >= 11 is 0. The van der Waals surface area contributed by atoms with Crippen LogP contribution in [0.25, 0.3) is 0 Å². The molecule has 0 unspecified atom stereocenters. The second kappa shape index (κ2) is 46.6. The Bertz CT molecular complexity index is 5210. The van der Waals surface area contributed by atoms with Crippen LogP contribution in [0, 0.1) is 51.0 Å². The first-order valence-electron chi connectivity index (χ1n) is 41.4. The van der Waals surface area contributed by atoms with Crippen molar-refractivity contribution >= 4 is 40.1 Å². The lowest BCUT2D eigenvalue weighted by Gasteiger charge is -2.28. The molecule has 8 aromatic carbocycles. The van der Waals surface area contributed by atoms with Gasteiger partial charge >= 0.3 is 0 Å². The molecule has 12 rings (SSSR count). The van der Waals surface area contributed by atoms with E-state index in [9.17, 15) is 51.2 Å². The third-order valence-electron chi connectivity index (χ3n) is 22.3. The Balaban J connectivity index is 0.000000193. The highest BCUT2D eigenvalue weighted by Crippen LogP contribution is 2.34. The molecule has 0 spiro atoms. The van der Waals surface area contributed by atoms with Crippen LogP contribution in [0.3, 0.4) is 0 Å². The van der Waals surface area contributed by atoms with Crippen LogP contribution in [0.1, 0.15) is 169 Å². The van der Waals surface area contributed by atoms with E-state index in [4.69, 9.17) is 18.9 Å². The van der Waals surface area contributed by atoms with Crippen molar-refractivity contribution in [1.82, 2.24) is 57.1 Å². The molecule has 0 aliphatic carbocycles. The highest BCUT2D eigenvalue weighted by molar-refractivity contribution is 7.90. The number of aryl methyl sites for hydroxylation is 4. The zero-order chi connectivity index (χ0) is 93.2. The fourth-order valence-electron chi connectivity index (χ4n) is 13.3. The number of methoxy groups -OCH3 is 4. The molecular weight excluding hydrogens is 1720 g/mol. The first kappa shape index (κ1) is 100. The van der Waals surface area contributed by atoms with Gasteiger partial charge in [0.25, 0.3) is 0 Å². The van der Waals surface area contributed by atoms with E-state index in [1.807, 2.05) is 222 Å². The van der Waals surface area contributed by atoms with Crippen LogP contribution in [0.2, 0.25) is 0 Å². The molecule has 32 heteroatoms. The lowest BCUT2D eigenvalue weighted by Crippen LogP contribution is -2.39. The quantitative estimate of drug-likeness (QED) is 0.0330. The molecule has 0 radical (unpaired) electrons. The molecule has 0 aliphatic heterocycles. The van der Waals surface area contributed by atoms with Crippen LogP contribution in [-0.2, 0) is 92.5 Å². The Hall–Kier alpha value is -11.4. The first-order valence-corrected chi connectivity index (χ1v) is 47.4. The molecule has 4 aromatic heterocycles. The Morgan fingerprint density at radius 3 is 0.484 bits per heavy atom. The summed E-state index contributed by atoms with van der Waals surface area (Å²) in [4.78, 5) is 31.9. The predicted octanol–water partition coefficient (Wildman–Crippen LogP) is 17.8. The van der Waals surface area contributed by atoms with Crippen LogP contribution < -0.4 is 18.9 Å². The average Bonchev–Trinajstić information content (AvgIpc) is 0.808. The van der Waals surface area contributed by atoms with E-state index in [1.165, 1.54) is 17.2 Å². The first-order chi connectivity index (χ1) is 60.8. The van der Waals surface area contributed by atoms with E-state index in [0.717, 1.165) is 116 Å². The Kier molecular flexibility index (Phi) is 36.5. The van der Waals surface area contributed by atoms with E-state index < -0.39 is 108 Å². The minimum absolute atomic E-state index is 0.210. The summed E-state index contributed by atoms with van der Waals surface area (Å²) in [6, 6.07) is 60.5. The molecule has 0 saturated heterocycles. The topological polar surface area (TPSA) is 290 Å². The lowest BCUT2D eigenvalue weighted by molar-refractivity contribution is 0.388. The Morgan fingerprint density at radius 1 is 0.234 bits per heavy atom. The van der Waals surface area contributed by atoms with Gasteiger partial charge in [-0.3, -0.25) is 0 Å². The highest BCUT2D eigenvalue weighted by atomic mass is 32.2. The van der Waals surface area contributed by atoms with Gasteiger partial charge in [-0.25, -0.2) is 91.1 Å². The standard InChI is InChI=1S/4C24H28FN3O3S/c4*1-17-5-7-20(8-6-17)15-28(16-21-9-11-23(31-4)12-10-21)32(29,30)19(3)18(2)24-26-13-22(25)14-27-24/h4*5-14,18-19H,15-16H2,1-4H3/t2*18-,19+;2*18-,19-/m0010/s1. The molecule has 24 nitrogen and oxygen atoms in total. The number of hydrogen-bond donors (Lipinski definition) is 0. The van der Waals surface area contributed by atoms with Crippen molar-refractivity contribution in [2.24, 2.45) is 0 Å². The summed E-state index contributed by atoms with van der Waals surface area (Å²) in [6.07, 6.45) is 8.44. The number of hydrogen-bond acceptors (Lipinski definition) is 20. The van der Waals surface area contributed by atoms with E-state index in [2.05, 4.69) is 39.9 Å². The lowest BCUT2D eigenvalue weighted by atomic mass is 10.1. The van der Waals surface area contributed by atoms with Crippen molar-refractivity contribution in [2.75, 3.05) is 28.4 Å². The molecule has 0 fully saturated rings. The monoisotopic (exact) mass is 1830 g/mol. The normalized spacial score (nSPS) is 13.7. The van der Waals surface area contributed by atoms with Crippen molar-refractivity contribution in [3.8, 4) is 23.0 Å². The van der Waals surface area contributed by atoms with E-state index >= 15 is 0 Å². The Morgan fingerprint density at radius 2 is 0.359 bits per heavy atom. The van der Waals surface area contributed by atoms with Gasteiger partial charge in [0.1, 0.15) is 46.3 Å². The van der Waals surface area contributed by atoms with E-state index in [1.54, 1.807) is 83.8 Å². The summed E-state index contributed by atoms with van der Waals surface area (Å²) in [5.41, 5.74) is 11.4. The maximum Gasteiger partial charge on any atom is 0.218 e. The van der Waals surface area contributed by atoms with Crippen LogP contribution in [0.5, 0.6) is 23.0 Å². The van der Waals surface area contributed by atoms with Gasteiger partial charge in [0.05, 0.1) is 99.0 Å². The summed E-state index contributed by atoms with van der Waals surface area (Å²) < 4.78 is 189. The second-order valence-electron chi connectivity index (χ2n) is 31.6. The van der Waals surface area contributed by atoms with Gasteiger partial charge in [0.15, 0.2) is 23.3 Å². The number of ether oxygens (including phenoxy) is 4. The Labute approximate surface area is 751 Å². The average molecular weight is 1830 g/mol. The zero-order valence-electron chi connectivity index (χ0n) is 74.8. The second-order valence-corrected chi connectivity index (χ2v) is 40.8. The summed E-state index contributed by atoms with van der Waals surface area (Å²) in [6.45, 7) is 23.3. The number of aromatic nitrogens is 8. The van der Waals surface area contributed by atoms with Crippen LogP contribution in [0.4, 0.5) is 17.6 Å². The van der Waals surface area contributed by atoms with Crippen molar-refractivity contribution in [2.45, 2.75) is 180 Å². The molecular formula is C96H112F4N12O12S4. The molecule has 0 N–H and O–H groups in total. The molecule has 0 saturated carbocycles. The summed E-state index contributed by atoms with van der Waals surface area (Å²) in [7, 11) is -8.66. The van der Waals surface area contributed by atoms with Crippen LogP contribution in [0.15, 0.2) is 244 Å². The SMILES string of the molecule is COc1ccc(CN(Cc2ccc(C)cc2)S(=O)(=O)[C@@H](C)[C@H](C)c2ncc(F)cn2)cc1.COc1ccc(CN(Cc2ccc(C)cc2)S(=O)(=O)[C@H](C)[C@@H](C)c2ncc(F)cn2)cc1.COc1ccc(CN(Cc2ccc(C)cc2)S(=O)(=O)[C@H](C)[C@H](C)c2ncc(F)cn2)cc1.COc1ccc(CN(Cc2ccc(C)cc2)S(=O)(=O)[C@H](C)[C@H](C)c2ncc(F)cn2)cc1. The van der Waals surface area contributed by atoms with Crippen LogP contribution >= 0.6 is 0 Å². The fourth-order valence-corrected chi connectivity index (χ4v) is 20.4. The molecule has 0 bridgehead atoms. The van der Waals surface area contributed by atoms with Gasteiger partial charge in [-0.1, -0.05) is 196 Å². The van der Waals surface area contributed by atoms with E-state index in [0.29, 0.717) is 46.3 Å². The molecule has 680 valence electrons. The van der Waals surface area contributed by atoms with Crippen LogP contribution in [-0.4, -0.2) is 140 Å². The van der Waals surface area contributed by atoms with E-state index in [-0.39, 0.29) is 52.4 Å². The van der Waals surface area contributed by atoms with Crippen molar-refractivity contribution < 1.29 is 70.2 Å². The molecule has 0 amide bonds. The van der Waals surface area contributed by atoms with Gasteiger partial charge in [-0.05, 0) is 148 Å². The zero-order valence-corrected chi connectivity index (χ0v) is 78.0. The van der Waals surface area contributed by atoms with Crippen molar-refractivity contribution in [3.63, 3.8) is 0 Å². The minimum atomic E-state index is -3.75. The van der Waals surface area contributed by atoms with Crippen molar-refractivity contribution in [1.29, 1.82) is 0 Å². The smallest absolute Gasteiger partial charge is 0.218 e. The predicted molar refractivity (Wildman–Crippen MR) is 489 cm³/mol. The van der Waals surface area contributed by atoms with Gasteiger partial charge in [0.2, 0.25) is 40.1 Å². The number of benzene rings is 8. The highest BCUT2D eigenvalue weighted by Gasteiger charge is 2.39. The molecule has 12 aromatic rings. The maximum atomic E-state index is 13.7. The van der Waals surface area contributed by atoms with Crippen molar-refractivity contribution in [3.05, 3.63) is 357 Å². The number of sulfonamides is 4. The molecule has 128 heavy (non-hydrogen) atoms. The number of rotatable bonds is 36. The van der Waals surface area contributed by atoms with Gasteiger partial charge in [-0.15, -0.1) is 0 Å². The third kappa shape index (κ3) is 28.3. The van der Waals surface area contributed by atoms with Gasteiger partial charge < -0.3 is 18.9 Å². The maximum absolute atomic E-state index is 13.7. The number of nitrogens with zero attached hydrogens (tertiary/aromatic N) is 12. The number of halogens is 4. The third-order valence-corrected chi connectivity index (χ3v) is 31.6. The molecule has 8 atom stereocenters. The summed E-state index contributed by atoms with van der Waals surface area (Å²) in [5, 5.41) is -3.23. The summed E-state index contributed by atoms with van der Waals surface area (Å²) in [5.74, 6) is -0.303. The van der Waals surface area contributed by atoms with Gasteiger partial charge in [-0.2, -0.15) is 17.2 Å². The molecule has 4 heterocycles. The fraction of sp³-hybridized carbons (Fsp3) is 0.333. The molecule has 0 aliphatic rings. The minimum Gasteiger partial charge on any atom is -0.497 e.